The molecule has 0 saturated carbocycles. The van der Waals surface area contributed by atoms with Gasteiger partial charge in [0.1, 0.15) is 0 Å². The largest absolute Gasteiger partial charge is 0.466 e. The van der Waals surface area contributed by atoms with Crippen LogP contribution in [-0.2, 0) is 14.3 Å². The van der Waals surface area contributed by atoms with Gasteiger partial charge in [0.2, 0.25) is 5.91 Å². The first kappa shape index (κ1) is 86.3. The van der Waals surface area contributed by atoms with Crippen LogP contribution in [0.3, 0.4) is 0 Å². The number of carbonyl (C=O) groups is 2. The van der Waals surface area contributed by atoms with Crippen molar-refractivity contribution in [2.45, 2.75) is 475 Å². The van der Waals surface area contributed by atoms with Crippen LogP contribution in [0, 0.1) is 0 Å². The zero-order valence-corrected chi connectivity index (χ0v) is 60.0. The van der Waals surface area contributed by atoms with Crippen LogP contribution in [0.15, 0.2) is 24.3 Å². The highest BCUT2D eigenvalue weighted by atomic mass is 16.5. The van der Waals surface area contributed by atoms with Gasteiger partial charge in [0.25, 0.3) is 0 Å². The highest BCUT2D eigenvalue weighted by molar-refractivity contribution is 5.76. The lowest BCUT2D eigenvalue weighted by atomic mass is 10.0. The Morgan fingerprint density at radius 3 is 0.807 bits per heavy atom. The second-order valence-corrected chi connectivity index (χ2v) is 28.1. The summed E-state index contributed by atoms with van der Waals surface area (Å²) in [5.74, 6) is -0.0334. The zero-order valence-electron chi connectivity index (χ0n) is 60.0. The zero-order chi connectivity index (χ0) is 63.5. The van der Waals surface area contributed by atoms with Gasteiger partial charge in [0, 0.05) is 12.8 Å². The van der Waals surface area contributed by atoms with E-state index in [1.54, 1.807) is 6.08 Å². The van der Waals surface area contributed by atoms with Crippen molar-refractivity contribution < 1.29 is 24.5 Å². The van der Waals surface area contributed by atoms with E-state index >= 15 is 0 Å². The molecule has 2 unspecified atom stereocenters. The highest BCUT2D eigenvalue weighted by Crippen LogP contribution is 2.20. The molecular weight excluding hydrogens is 1080 g/mol. The van der Waals surface area contributed by atoms with Gasteiger partial charge < -0.3 is 20.3 Å². The molecule has 0 saturated heterocycles. The van der Waals surface area contributed by atoms with E-state index in [-0.39, 0.29) is 18.5 Å². The molecule has 6 heteroatoms. The third-order valence-electron chi connectivity index (χ3n) is 19.2. The summed E-state index contributed by atoms with van der Waals surface area (Å²) >= 11 is 0. The monoisotopic (exact) mass is 1240 g/mol. The Bertz CT molecular complexity index is 1380. The Hall–Kier alpha value is -1.66. The lowest BCUT2D eigenvalue weighted by molar-refractivity contribution is -0.143. The van der Waals surface area contributed by atoms with Crippen molar-refractivity contribution in [2.75, 3.05) is 13.2 Å². The molecule has 0 heterocycles. The predicted octanol–water partition coefficient (Wildman–Crippen LogP) is 26.8. The van der Waals surface area contributed by atoms with Crippen molar-refractivity contribution in [1.29, 1.82) is 0 Å². The van der Waals surface area contributed by atoms with Crippen LogP contribution in [0.1, 0.15) is 463 Å². The molecule has 6 nitrogen and oxygen atoms in total. The van der Waals surface area contributed by atoms with Crippen molar-refractivity contribution in [2.24, 2.45) is 0 Å². The fraction of sp³-hybridized carbons (Fsp3) is 0.927. The average molecular weight is 1240 g/mol. The Labute approximate surface area is 551 Å². The maximum Gasteiger partial charge on any atom is 0.305 e. The number of esters is 1. The van der Waals surface area contributed by atoms with Crippen LogP contribution in [0.4, 0.5) is 0 Å². The van der Waals surface area contributed by atoms with Crippen LogP contribution < -0.4 is 5.32 Å². The number of ether oxygens (including phenoxy) is 1. The third-order valence-corrected chi connectivity index (χ3v) is 19.2. The number of allylic oxidation sites excluding steroid dienone is 3. The van der Waals surface area contributed by atoms with Crippen molar-refractivity contribution in [3.05, 3.63) is 24.3 Å². The predicted molar refractivity (Wildman–Crippen MR) is 389 cm³/mol. The number of amides is 1. The summed E-state index contributed by atoms with van der Waals surface area (Å²) in [6.07, 6.45) is 100. The molecule has 88 heavy (non-hydrogen) atoms. The molecule has 1 amide bonds. The van der Waals surface area contributed by atoms with E-state index < -0.39 is 12.1 Å². The van der Waals surface area contributed by atoms with E-state index in [4.69, 9.17) is 4.74 Å². The van der Waals surface area contributed by atoms with Crippen molar-refractivity contribution in [3.8, 4) is 0 Å². The maximum absolute atomic E-state index is 12.5. The second kappa shape index (κ2) is 77.8. The normalized spacial score (nSPS) is 12.5. The minimum absolute atomic E-state index is 0.0267. The number of rotatable bonds is 77. The topological polar surface area (TPSA) is 95.9 Å². The Morgan fingerprint density at radius 2 is 0.534 bits per heavy atom. The van der Waals surface area contributed by atoms with E-state index in [2.05, 4.69) is 31.3 Å². The van der Waals surface area contributed by atoms with Gasteiger partial charge in [0.15, 0.2) is 0 Å². The summed E-state index contributed by atoms with van der Waals surface area (Å²) in [6.45, 7) is 4.96. The first-order chi connectivity index (χ1) is 43.5. The second-order valence-electron chi connectivity index (χ2n) is 28.1. The molecule has 0 aliphatic rings. The van der Waals surface area contributed by atoms with Crippen LogP contribution in [0.2, 0.25) is 0 Å². The Kier molecular flexibility index (Phi) is 76.3. The minimum atomic E-state index is -0.841. The molecule has 0 radical (unpaired) electrons. The molecule has 0 aliphatic heterocycles. The standard InChI is InChI=1S/C82H159NO5/c1-3-5-7-9-11-13-15-17-19-46-50-54-58-62-66-70-74-80(85)79(78-84)83-81(86)75-71-67-63-59-55-51-47-44-42-40-38-36-34-32-30-28-26-24-22-21-23-25-27-29-31-33-35-37-39-41-43-45-49-53-57-61-65-69-73-77-88-82(87)76-72-68-64-60-56-52-48-20-18-16-14-12-10-8-6-4-2/h21-22,70,74,79-80,84-85H,3-20,23-69,71-73,75-78H2,1-2H3,(H,83,86)/b22-21-,74-70+. The maximum atomic E-state index is 12.5. The summed E-state index contributed by atoms with van der Waals surface area (Å²) in [6, 6.07) is -0.624. The van der Waals surface area contributed by atoms with Gasteiger partial charge in [-0.05, 0) is 57.8 Å². The molecular formula is C82H159NO5. The van der Waals surface area contributed by atoms with Gasteiger partial charge in [-0.3, -0.25) is 9.59 Å². The van der Waals surface area contributed by atoms with Gasteiger partial charge in [-0.1, -0.05) is 417 Å². The summed E-state index contributed by atoms with van der Waals surface area (Å²) in [7, 11) is 0. The fourth-order valence-electron chi connectivity index (χ4n) is 13.0. The van der Waals surface area contributed by atoms with Gasteiger partial charge in [0.05, 0.1) is 25.4 Å². The van der Waals surface area contributed by atoms with Crippen LogP contribution >= 0.6 is 0 Å². The molecule has 0 rings (SSSR count). The van der Waals surface area contributed by atoms with Crippen molar-refractivity contribution in [1.82, 2.24) is 5.32 Å². The number of aliphatic hydroxyl groups is 2. The number of hydrogen-bond donors (Lipinski definition) is 3. The fourth-order valence-corrected chi connectivity index (χ4v) is 13.0. The molecule has 0 aromatic carbocycles. The summed E-state index contributed by atoms with van der Waals surface area (Å²) in [5, 5.41) is 23.2. The molecule has 0 aromatic rings. The SMILES string of the molecule is CCCCCCCCCCCCCCCC/C=C/C(O)C(CO)NC(=O)CCCCCCCCCCCCCCCCCCC/C=C\CCCCCCCCCCCCCCCCCCCCOC(=O)CCCCCCCCCCCCCCCCCC. The Morgan fingerprint density at radius 1 is 0.307 bits per heavy atom. The summed E-state index contributed by atoms with van der Waals surface area (Å²) in [5.41, 5.74) is 0. The summed E-state index contributed by atoms with van der Waals surface area (Å²) in [4.78, 5) is 24.6. The smallest absolute Gasteiger partial charge is 0.305 e. The molecule has 2 atom stereocenters. The number of aliphatic hydroxyl groups excluding tert-OH is 2. The van der Waals surface area contributed by atoms with Gasteiger partial charge in [-0.15, -0.1) is 0 Å². The van der Waals surface area contributed by atoms with Gasteiger partial charge >= 0.3 is 5.97 Å². The van der Waals surface area contributed by atoms with Crippen LogP contribution in [0.5, 0.6) is 0 Å². The quantitative estimate of drug-likeness (QED) is 0.0320. The molecule has 522 valence electrons. The van der Waals surface area contributed by atoms with Gasteiger partial charge in [-0.25, -0.2) is 0 Å². The molecule has 3 N–H and O–H groups in total. The molecule has 0 aromatic heterocycles. The molecule has 0 aliphatic carbocycles. The number of carbonyl (C=O) groups excluding carboxylic acids is 2. The third kappa shape index (κ3) is 73.4. The average Bonchev–Trinajstić information content (AvgIpc) is 3.58. The van der Waals surface area contributed by atoms with Crippen LogP contribution in [-0.4, -0.2) is 47.4 Å². The van der Waals surface area contributed by atoms with Crippen molar-refractivity contribution >= 4 is 11.9 Å². The van der Waals surface area contributed by atoms with Crippen LogP contribution in [0.25, 0.3) is 0 Å². The minimum Gasteiger partial charge on any atom is -0.466 e. The number of unbranched alkanes of at least 4 members (excludes halogenated alkanes) is 64. The Balaban J connectivity index is 3.32. The molecule has 0 fully saturated rings. The van der Waals surface area contributed by atoms with Gasteiger partial charge in [-0.2, -0.15) is 0 Å². The first-order valence-electron chi connectivity index (χ1n) is 40.6. The molecule has 0 bridgehead atoms. The lowest BCUT2D eigenvalue weighted by Gasteiger charge is -2.20. The lowest BCUT2D eigenvalue weighted by Crippen LogP contribution is -2.45. The first-order valence-corrected chi connectivity index (χ1v) is 40.6. The van der Waals surface area contributed by atoms with E-state index in [0.29, 0.717) is 19.4 Å². The summed E-state index contributed by atoms with van der Waals surface area (Å²) < 4.78 is 5.51. The van der Waals surface area contributed by atoms with E-state index in [9.17, 15) is 19.8 Å². The number of hydrogen-bond acceptors (Lipinski definition) is 5. The molecule has 0 spiro atoms. The van der Waals surface area contributed by atoms with E-state index in [1.807, 2.05) is 6.08 Å². The van der Waals surface area contributed by atoms with Crippen molar-refractivity contribution in [3.63, 3.8) is 0 Å². The van der Waals surface area contributed by atoms with E-state index in [0.717, 1.165) is 38.5 Å². The number of nitrogens with one attached hydrogen (secondary N) is 1. The van der Waals surface area contributed by atoms with E-state index in [1.165, 1.54) is 398 Å². The highest BCUT2D eigenvalue weighted by Gasteiger charge is 2.18.